The fourth-order valence-electron chi connectivity index (χ4n) is 2.07. The van der Waals surface area contributed by atoms with Crippen molar-refractivity contribution >= 4 is 28.7 Å². The Bertz CT molecular complexity index is 791. The van der Waals surface area contributed by atoms with E-state index in [0.29, 0.717) is 28.7 Å². The maximum absolute atomic E-state index is 6.17. The summed E-state index contributed by atoms with van der Waals surface area (Å²) in [6, 6.07) is 3.75. The fraction of sp³-hybridized carbons (Fsp3) is 0.214. The largest absolute Gasteiger partial charge is 0.437 e. The molecule has 0 saturated heterocycles. The van der Waals surface area contributed by atoms with Gasteiger partial charge in [-0.3, -0.25) is 0 Å². The van der Waals surface area contributed by atoms with Gasteiger partial charge in [0, 0.05) is 12.1 Å². The van der Waals surface area contributed by atoms with Gasteiger partial charge in [0.05, 0.1) is 6.33 Å². The van der Waals surface area contributed by atoms with Crippen LogP contribution in [0, 0.1) is 13.8 Å². The molecule has 0 atom stereocenters. The van der Waals surface area contributed by atoms with Crippen LogP contribution in [0.1, 0.15) is 11.1 Å². The number of benzene rings is 1. The van der Waals surface area contributed by atoms with Crippen LogP contribution in [0.3, 0.4) is 0 Å². The first-order valence-corrected chi connectivity index (χ1v) is 6.79. The van der Waals surface area contributed by atoms with Crippen LogP contribution in [0.15, 0.2) is 18.5 Å². The number of ether oxygens (including phenoxy) is 1. The molecule has 108 valence electrons. The number of anilines is 1. The van der Waals surface area contributed by atoms with Gasteiger partial charge in [0.2, 0.25) is 5.95 Å². The number of halogens is 1. The van der Waals surface area contributed by atoms with Gasteiger partial charge in [0.25, 0.3) is 5.88 Å². The maximum atomic E-state index is 6.17. The van der Waals surface area contributed by atoms with Crippen LogP contribution in [-0.2, 0) is 0 Å². The van der Waals surface area contributed by atoms with Crippen molar-refractivity contribution in [1.82, 2.24) is 19.9 Å². The number of nitrogens with zero attached hydrogens (tertiary/aromatic N) is 3. The van der Waals surface area contributed by atoms with Crippen molar-refractivity contribution in [2.45, 2.75) is 13.8 Å². The van der Waals surface area contributed by atoms with Gasteiger partial charge in [0.1, 0.15) is 11.3 Å². The van der Waals surface area contributed by atoms with E-state index in [1.54, 1.807) is 13.4 Å². The van der Waals surface area contributed by atoms with Crippen molar-refractivity contribution in [2.75, 3.05) is 12.4 Å². The van der Waals surface area contributed by atoms with Crippen molar-refractivity contribution in [1.29, 1.82) is 0 Å². The minimum Gasteiger partial charge on any atom is -0.437 e. The van der Waals surface area contributed by atoms with Crippen molar-refractivity contribution in [3.8, 4) is 11.6 Å². The molecule has 3 rings (SSSR count). The quantitative estimate of drug-likeness (QED) is 0.775. The number of aromatic amines is 1. The second-order valence-electron chi connectivity index (χ2n) is 4.68. The highest BCUT2D eigenvalue weighted by atomic mass is 35.5. The molecule has 2 N–H and O–H groups in total. The third kappa shape index (κ3) is 2.50. The predicted molar refractivity (Wildman–Crippen MR) is 82.2 cm³/mol. The molecule has 1 aromatic carbocycles. The number of fused-ring (bicyclic) bond motifs is 1. The second kappa shape index (κ2) is 5.21. The van der Waals surface area contributed by atoms with Gasteiger partial charge >= 0.3 is 0 Å². The number of rotatable bonds is 3. The number of nitrogens with one attached hydrogen (secondary N) is 2. The van der Waals surface area contributed by atoms with E-state index in [-0.39, 0.29) is 0 Å². The molecule has 0 unspecified atom stereocenters. The van der Waals surface area contributed by atoms with E-state index >= 15 is 0 Å². The number of hydrogen-bond acceptors (Lipinski definition) is 5. The van der Waals surface area contributed by atoms with E-state index in [9.17, 15) is 0 Å². The smallest absolute Gasteiger partial charge is 0.250 e. The van der Waals surface area contributed by atoms with Gasteiger partial charge in [-0.1, -0.05) is 11.6 Å². The van der Waals surface area contributed by atoms with E-state index in [0.717, 1.165) is 16.1 Å². The summed E-state index contributed by atoms with van der Waals surface area (Å²) in [5.74, 6) is 1.54. The topological polar surface area (TPSA) is 75.7 Å². The summed E-state index contributed by atoms with van der Waals surface area (Å²) in [5, 5.41) is 3.63. The molecule has 0 radical (unpaired) electrons. The number of H-pyrrole nitrogens is 1. The van der Waals surface area contributed by atoms with Gasteiger partial charge in [-0.25, -0.2) is 4.98 Å². The number of hydrogen-bond donors (Lipinski definition) is 2. The lowest BCUT2D eigenvalue weighted by molar-refractivity contribution is 0.467. The lowest BCUT2D eigenvalue weighted by Crippen LogP contribution is -1.99. The molecule has 2 heterocycles. The van der Waals surface area contributed by atoms with Crippen LogP contribution in [0.4, 0.5) is 5.95 Å². The molecule has 6 nitrogen and oxygen atoms in total. The fourth-order valence-corrected chi connectivity index (χ4v) is 2.18. The van der Waals surface area contributed by atoms with Crippen LogP contribution in [0.5, 0.6) is 11.6 Å². The van der Waals surface area contributed by atoms with Crippen molar-refractivity contribution < 1.29 is 4.74 Å². The Morgan fingerprint density at radius 1 is 1.19 bits per heavy atom. The third-order valence-electron chi connectivity index (χ3n) is 3.10. The Hall–Kier alpha value is -2.34. The van der Waals surface area contributed by atoms with E-state index in [2.05, 4.69) is 25.3 Å². The SMILES string of the molecule is CNc1nc(Oc2cc(C)c(Cl)c(C)c2)c2[nH]cnc2n1. The second-order valence-corrected chi connectivity index (χ2v) is 5.05. The van der Waals surface area contributed by atoms with Crippen molar-refractivity contribution in [3.63, 3.8) is 0 Å². The molecular formula is C14H14ClN5O. The highest BCUT2D eigenvalue weighted by molar-refractivity contribution is 6.32. The van der Waals surface area contributed by atoms with Gasteiger partial charge in [-0.15, -0.1) is 0 Å². The molecule has 0 fully saturated rings. The summed E-state index contributed by atoms with van der Waals surface area (Å²) in [7, 11) is 1.74. The highest BCUT2D eigenvalue weighted by Crippen LogP contribution is 2.31. The number of aryl methyl sites for hydroxylation is 2. The Kier molecular flexibility index (Phi) is 3.39. The molecule has 0 aliphatic carbocycles. The average molecular weight is 304 g/mol. The van der Waals surface area contributed by atoms with Crippen LogP contribution in [0.2, 0.25) is 5.02 Å². The molecule has 7 heteroatoms. The molecule has 0 spiro atoms. The Morgan fingerprint density at radius 3 is 2.57 bits per heavy atom. The highest BCUT2D eigenvalue weighted by Gasteiger charge is 2.12. The first-order chi connectivity index (χ1) is 10.1. The predicted octanol–water partition coefficient (Wildman–Crippen LogP) is 3.46. The molecule has 0 aliphatic rings. The zero-order valence-corrected chi connectivity index (χ0v) is 12.6. The molecule has 2 aromatic heterocycles. The summed E-state index contributed by atoms with van der Waals surface area (Å²) in [6.45, 7) is 3.87. The standard InChI is InChI=1S/C14H14ClN5O/c1-7-4-9(5-8(2)10(7)15)21-13-11-12(18-6-17-11)19-14(16-3)20-13/h4-6H,1-3H3,(H2,16,17,18,19,20). The van der Waals surface area contributed by atoms with Gasteiger partial charge in [0.15, 0.2) is 5.65 Å². The Balaban J connectivity index is 2.07. The molecular weight excluding hydrogens is 290 g/mol. The Labute approximate surface area is 126 Å². The summed E-state index contributed by atoms with van der Waals surface area (Å²) in [6.07, 6.45) is 1.56. The molecule has 0 bridgehead atoms. The van der Waals surface area contributed by atoms with Gasteiger partial charge in [-0.05, 0) is 37.1 Å². The average Bonchev–Trinajstić information content (AvgIpc) is 2.93. The molecule has 21 heavy (non-hydrogen) atoms. The van der Waals surface area contributed by atoms with Crippen molar-refractivity contribution in [2.24, 2.45) is 0 Å². The number of aromatic nitrogens is 4. The molecule has 3 aromatic rings. The lowest BCUT2D eigenvalue weighted by atomic mass is 10.1. The first kappa shape index (κ1) is 13.6. The minimum atomic E-state index is 0.419. The summed E-state index contributed by atoms with van der Waals surface area (Å²) in [5.41, 5.74) is 3.11. The Morgan fingerprint density at radius 2 is 1.90 bits per heavy atom. The molecule has 0 aliphatic heterocycles. The van der Waals surface area contributed by atoms with Crippen LogP contribution in [-0.4, -0.2) is 27.0 Å². The van der Waals surface area contributed by atoms with Crippen LogP contribution in [0.25, 0.3) is 11.2 Å². The van der Waals surface area contributed by atoms with E-state index in [1.807, 2.05) is 26.0 Å². The molecule has 0 amide bonds. The van der Waals surface area contributed by atoms with E-state index in [1.165, 1.54) is 0 Å². The van der Waals surface area contributed by atoms with Gasteiger partial charge < -0.3 is 15.0 Å². The summed E-state index contributed by atoms with van der Waals surface area (Å²) < 4.78 is 5.89. The minimum absolute atomic E-state index is 0.419. The normalized spacial score (nSPS) is 10.9. The zero-order valence-electron chi connectivity index (χ0n) is 11.9. The maximum Gasteiger partial charge on any atom is 0.250 e. The first-order valence-electron chi connectivity index (χ1n) is 6.42. The summed E-state index contributed by atoms with van der Waals surface area (Å²) >= 11 is 6.17. The number of imidazole rings is 1. The summed E-state index contributed by atoms with van der Waals surface area (Å²) in [4.78, 5) is 15.7. The molecule has 0 saturated carbocycles. The zero-order chi connectivity index (χ0) is 15.0. The van der Waals surface area contributed by atoms with Gasteiger partial charge in [-0.2, -0.15) is 9.97 Å². The monoisotopic (exact) mass is 303 g/mol. The van der Waals surface area contributed by atoms with Crippen LogP contribution < -0.4 is 10.1 Å². The van der Waals surface area contributed by atoms with E-state index < -0.39 is 0 Å². The third-order valence-corrected chi connectivity index (χ3v) is 3.70. The van der Waals surface area contributed by atoms with Crippen LogP contribution >= 0.6 is 11.6 Å². The van der Waals surface area contributed by atoms with E-state index in [4.69, 9.17) is 16.3 Å². The lowest BCUT2D eigenvalue weighted by Gasteiger charge is -2.10. The van der Waals surface area contributed by atoms with Crippen molar-refractivity contribution in [3.05, 3.63) is 34.6 Å².